The maximum atomic E-state index is 2.44. The number of rotatable bonds is 2. The lowest BCUT2D eigenvalue weighted by Gasteiger charge is -2.30. The zero-order chi connectivity index (χ0) is 25.7. The number of hydrogen-bond acceptors (Lipinski definition) is 0. The van der Waals surface area contributed by atoms with Crippen LogP contribution in [-0.2, 0) is 21.7 Å². The van der Waals surface area contributed by atoms with Gasteiger partial charge in [-0.2, -0.15) is 0 Å². The molecule has 0 heteroatoms. The van der Waals surface area contributed by atoms with E-state index in [9.17, 15) is 0 Å². The molecule has 0 aliphatic carbocycles. The third kappa shape index (κ3) is 5.48. The maximum absolute atomic E-state index is 2.44. The molecule has 0 spiro atoms. The monoisotopic (exact) mass is 454 g/mol. The Bertz CT molecular complexity index is 1070. The van der Waals surface area contributed by atoms with Gasteiger partial charge in [-0.05, 0) is 66.2 Å². The average Bonchev–Trinajstić information content (AvgIpc) is 2.70. The fraction of sp³-hybridized carbons (Fsp3) is 0.471. The molecule has 3 aromatic rings. The van der Waals surface area contributed by atoms with E-state index in [-0.39, 0.29) is 21.7 Å². The van der Waals surface area contributed by atoms with Gasteiger partial charge in [0.15, 0.2) is 0 Å². The van der Waals surface area contributed by atoms with E-state index in [1.807, 2.05) is 0 Å². The summed E-state index contributed by atoms with van der Waals surface area (Å²) in [6.45, 7) is 27.8. The van der Waals surface area contributed by atoms with Gasteiger partial charge in [-0.3, -0.25) is 0 Å². The Hall–Kier alpha value is -2.34. The van der Waals surface area contributed by atoms with E-state index in [1.165, 1.54) is 44.5 Å². The minimum absolute atomic E-state index is 0.0483. The van der Waals surface area contributed by atoms with E-state index >= 15 is 0 Å². The summed E-state index contributed by atoms with van der Waals surface area (Å²) in [6, 6.07) is 23.2. The fourth-order valence-electron chi connectivity index (χ4n) is 4.69. The van der Waals surface area contributed by atoms with Gasteiger partial charge in [0.1, 0.15) is 0 Å². The van der Waals surface area contributed by atoms with Gasteiger partial charge in [0.2, 0.25) is 0 Å². The molecule has 0 aliphatic rings. The Morgan fingerprint density at radius 2 is 0.676 bits per heavy atom. The van der Waals surface area contributed by atoms with Gasteiger partial charge in [0.25, 0.3) is 0 Å². The third-order valence-electron chi connectivity index (χ3n) is 6.89. The van der Waals surface area contributed by atoms with Crippen LogP contribution >= 0.6 is 0 Å². The Balaban J connectivity index is 2.34. The molecule has 0 aromatic heterocycles. The van der Waals surface area contributed by atoms with Crippen LogP contribution in [0.1, 0.15) is 105 Å². The van der Waals surface area contributed by atoms with Gasteiger partial charge in [0.05, 0.1) is 0 Å². The smallest absolute Gasteiger partial charge is 0.0102 e. The highest BCUT2D eigenvalue weighted by Crippen LogP contribution is 2.43. The Kier molecular flexibility index (Phi) is 6.73. The summed E-state index contributed by atoms with van der Waals surface area (Å²) in [6.07, 6.45) is 0. The lowest BCUT2D eigenvalue weighted by molar-refractivity contribution is 0.568. The Morgan fingerprint density at radius 3 is 0.941 bits per heavy atom. The van der Waals surface area contributed by atoms with Crippen LogP contribution < -0.4 is 0 Å². The largest absolute Gasteiger partial charge is 0.0616 e. The average molecular weight is 455 g/mol. The van der Waals surface area contributed by atoms with E-state index < -0.39 is 0 Å². The van der Waals surface area contributed by atoms with Crippen molar-refractivity contribution in [2.24, 2.45) is 0 Å². The Morgan fingerprint density at radius 1 is 0.353 bits per heavy atom. The molecule has 0 nitrogen and oxygen atoms in total. The third-order valence-corrected chi connectivity index (χ3v) is 6.89. The van der Waals surface area contributed by atoms with Crippen molar-refractivity contribution < 1.29 is 0 Å². The van der Waals surface area contributed by atoms with E-state index in [0.717, 1.165) is 0 Å². The first-order valence-electron chi connectivity index (χ1n) is 12.8. The molecule has 0 saturated heterocycles. The standard InChI is InChI=1S/C34H46/c1-31(2,3)23-17-19-27(29(21-23)33(7,8)9)25-15-13-14-16-26(25)28-20-18-24(32(4,5)6)22-30(28)34(10,11)12/h13-22H,1-12H3. The van der Waals surface area contributed by atoms with E-state index in [1.54, 1.807) is 0 Å². The number of benzene rings is 3. The highest BCUT2D eigenvalue weighted by Gasteiger charge is 2.27. The van der Waals surface area contributed by atoms with Crippen LogP contribution in [0.3, 0.4) is 0 Å². The molecule has 0 N–H and O–H groups in total. The van der Waals surface area contributed by atoms with Crippen molar-refractivity contribution >= 4 is 0 Å². The van der Waals surface area contributed by atoms with Gasteiger partial charge in [-0.25, -0.2) is 0 Å². The van der Waals surface area contributed by atoms with E-state index in [0.29, 0.717) is 0 Å². The van der Waals surface area contributed by atoms with Gasteiger partial charge < -0.3 is 0 Å². The first kappa shape index (κ1) is 26.3. The molecular formula is C34H46. The van der Waals surface area contributed by atoms with Gasteiger partial charge in [0, 0.05) is 0 Å². The summed E-state index contributed by atoms with van der Waals surface area (Å²) >= 11 is 0. The predicted octanol–water partition coefficient (Wildman–Crippen LogP) is 10.2. The van der Waals surface area contributed by atoms with Crippen molar-refractivity contribution in [3.63, 3.8) is 0 Å². The molecule has 0 radical (unpaired) electrons. The molecule has 182 valence electrons. The highest BCUT2D eigenvalue weighted by atomic mass is 14.3. The van der Waals surface area contributed by atoms with Gasteiger partial charge >= 0.3 is 0 Å². The van der Waals surface area contributed by atoms with Crippen LogP contribution in [0.25, 0.3) is 22.3 Å². The topological polar surface area (TPSA) is 0 Å². The zero-order valence-electron chi connectivity index (χ0n) is 23.8. The predicted molar refractivity (Wildman–Crippen MR) is 152 cm³/mol. The SMILES string of the molecule is CC(C)(C)c1ccc(-c2ccccc2-c2ccc(C(C)(C)C)cc2C(C)(C)C)c(C(C)(C)C)c1. The van der Waals surface area contributed by atoms with Gasteiger partial charge in [-0.1, -0.05) is 144 Å². The Labute approximate surface area is 209 Å². The van der Waals surface area contributed by atoms with Gasteiger partial charge in [-0.15, -0.1) is 0 Å². The number of hydrogen-bond donors (Lipinski definition) is 0. The molecule has 34 heavy (non-hydrogen) atoms. The van der Waals surface area contributed by atoms with Crippen LogP contribution in [0, 0.1) is 0 Å². The zero-order valence-corrected chi connectivity index (χ0v) is 23.8. The first-order valence-corrected chi connectivity index (χ1v) is 12.8. The minimum Gasteiger partial charge on any atom is -0.0616 e. The summed E-state index contributed by atoms with van der Waals surface area (Å²) in [5, 5.41) is 0. The van der Waals surface area contributed by atoms with Crippen LogP contribution in [-0.4, -0.2) is 0 Å². The van der Waals surface area contributed by atoms with E-state index in [4.69, 9.17) is 0 Å². The molecule has 0 bridgehead atoms. The second-order valence-electron chi connectivity index (χ2n) is 14.1. The molecule has 0 amide bonds. The van der Waals surface area contributed by atoms with Crippen molar-refractivity contribution in [2.75, 3.05) is 0 Å². The lowest BCUT2D eigenvalue weighted by Crippen LogP contribution is -2.18. The summed E-state index contributed by atoms with van der Waals surface area (Å²) in [5.74, 6) is 0. The summed E-state index contributed by atoms with van der Waals surface area (Å²) in [5.41, 5.74) is 11.3. The molecule has 0 saturated carbocycles. The normalized spacial score (nSPS) is 13.3. The van der Waals surface area contributed by atoms with Crippen molar-refractivity contribution in [3.8, 4) is 22.3 Å². The second-order valence-corrected chi connectivity index (χ2v) is 14.1. The van der Waals surface area contributed by atoms with E-state index in [2.05, 4.69) is 144 Å². The first-order chi connectivity index (χ1) is 15.4. The van der Waals surface area contributed by atoms with Crippen LogP contribution in [0.2, 0.25) is 0 Å². The second kappa shape index (κ2) is 8.71. The lowest BCUT2D eigenvalue weighted by atomic mass is 9.74. The van der Waals surface area contributed by atoms with Crippen molar-refractivity contribution in [2.45, 2.75) is 105 Å². The van der Waals surface area contributed by atoms with Crippen molar-refractivity contribution in [1.29, 1.82) is 0 Å². The molecule has 0 atom stereocenters. The summed E-state index contributed by atoms with van der Waals surface area (Å²) < 4.78 is 0. The molecule has 3 rings (SSSR count). The minimum atomic E-state index is 0.0483. The molecule has 0 aliphatic heterocycles. The van der Waals surface area contributed by atoms with Crippen LogP contribution in [0.15, 0.2) is 60.7 Å². The molecule has 0 unspecified atom stereocenters. The maximum Gasteiger partial charge on any atom is -0.0102 e. The van der Waals surface area contributed by atoms with Crippen molar-refractivity contribution in [1.82, 2.24) is 0 Å². The molecular weight excluding hydrogens is 408 g/mol. The highest BCUT2D eigenvalue weighted by molar-refractivity contribution is 5.87. The molecule has 0 fully saturated rings. The van der Waals surface area contributed by atoms with Crippen LogP contribution in [0.5, 0.6) is 0 Å². The summed E-state index contributed by atoms with van der Waals surface area (Å²) in [4.78, 5) is 0. The molecule has 0 heterocycles. The van der Waals surface area contributed by atoms with Crippen LogP contribution in [0.4, 0.5) is 0 Å². The summed E-state index contributed by atoms with van der Waals surface area (Å²) in [7, 11) is 0. The quantitative estimate of drug-likeness (QED) is 0.361. The molecule has 3 aromatic carbocycles. The fourth-order valence-corrected chi connectivity index (χ4v) is 4.69. The van der Waals surface area contributed by atoms with Crippen molar-refractivity contribution in [3.05, 3.63) is 82.9 Å².